The molecule has 1 aliphatic carbocycles. The highest BCUT2D eigenvalue weighted by atomic mass is 32.1. The SMILES string of the molecule is CCc1ccc(C(=O)NC[C@H]2[C@H]3CN(C(=O)C4CC4)C[C@]34CC[C@H]2O4)s1. The number of thiophene rings is 1. The van der Waals surface area contributed by atoms with E-state index < -0.39 is 0 Å². The number of hydrogen-bond donors (Lipinski definition) is 1. The van der Waals surface area contributed by atoms with E-state index in [2.05, 4.69) is 12.2 Å². The quantitative estimate of drug-likeness (QED) is 0.861. The van der Waals surface area contributed by atoms with Gasteiger partial charge >= 0.3 is 0 Å². The van der Waals surface area contributed by atoms with E-state index in [-0.39, 0.29) is 23.5 Å². The number of aryl methyl sites for hydroxylation is 1. The van der Waals surface area contributed by atoms with Crippen LogP contribution in [-0.4, -0.2) is 48.1 Å². The largest absolute Gasteiger partial charge is 0.369 e. The van der Waals surface area contributed by atoms with Crippen LogP contribution in [0.3, 0.4) is 0 Å². The van der Waals surface area contributed by atoms with Gasteiger partial charge < -0.3 is 15.0 Å². The second kappa shape index (κ2) is 6.06. The molecular formula is C20H26N2O3S. The Balaban J connectivity index is 1.25. The summed E-state index contributed by atoms with van der Waals surface area (Å²) in [6.07, 6.45) is 5.43. The van der Waals surface area contributed by atoms with Crippen molar-refractivity contribution < 1.29 is 14.3 Å². The Morgan fingerprint density at radius 1 is 1.35 bits per heavy atom. The number of nitrogens with zero attached hydrogens (tertiary/aromatic N) is 1. The number of rotatable bonds is 5. The molecular weight excluding hydrogens is 348 g/mol. The number of carbonyl (C=O) groups excluding carboxylic acids is 2. The number of likely N-dealkylation sites (tertiary alicyclic amines) is 1. The molecule has 4 heterocycles. The standard InChI is InChI=1S/C20H26N2O3S/c1-2-13-5-6-17(26-13)18(23)21-9-14-15-10-22(19(24)12-3-4-12)11-20(15)8-7-16(14)25-20/h5-6,12,14-16H,2-4,7-11H2,1H3,(H,21,23)/t14-,15+,16+,20+/m0/s1. The first-order valence-corrected chi connectivity index (χ1v) is 10.7. The second-order valence-corrected chi connectivity index (χ2v) is 9.52. The summed E-state index contributed by atoms with van der Waals surface area (Å²) < 4.78 is 6.39. The molecule has 1 spiro atoms. The normalized spacial score (nSPS) is 35.0. The van der Waals surface area contributed by atoms with Crippen molar-refractivity contribution in [3.05, 3.63) is 21.9 Å². The molecule has 2 bridgehead atoms. The zero-order valence-electron chi connectivity index (χ0n) is 15.2. The van der Waals surface area contributed by atoms with E-state index in [0.29, 0.717) is 24.3 Å². The van der Waals surface area contributed by atoms with Crippen molar-refractivity contribution in [3.63, 3.8) is 0 Å². The van der Waals surface area contributed by atoms with Gasteiger partial charge in [-0.1, -0.05) is 6.92 Å². The van der Waals surface area contributed by atoms with Gasteiger partial charge in [-0.2, -0.15) is 0 Å². The molecule has 0 aromatic carbocycles. The summed E-state index contributed by atoms with van der Waals surface area (Å²) in [6, 6.07) is 3.96. The Morgan fingerprint density at radius 2 is 2.19 bits per heavy atom. The minimum Gasteiger partial charge on any atom is -0.369 e. The molecule has 3 aliphatic heterocycles. The molecule has 5 nitrogen and oxygen atoms in total. The van der Waals surface area contributed by atoms with E-state index in [0.717, 1.165) is 50.1 Å². The molecule has 3 saturated heterocycles. The average Bonchev–Trinajstić information content (AvgIpc) is 3.00. The maximum Gasteiger partial charge on any atom is 0.261 e. The van der Waals surface area contributed by atoms with Crippen molar-refractivity contribution in [2.24, 2.45) is 17.8 Å². The van der Waals surface area contributed by atoms with Crippen LogP contribution in [0.4, 0.5) is 0 Å². The molecule has 1 aromatic heterocycles. The Morgan fingerprint density at radius 3 is 2.92 bits per heavy atom. The zero-order valence-corrected chi connectivity index (χ0v) is 16.0. The van der Waals surface area contributed by atoms with E-state index in [1.165, 1.54) is 4.88 Å². The molecule has 4 aliphatic rings. The molecule has 5 rings (SSSR count). The average molecular weight is 375 g/mol. The van der Waals surface area contributed by atoms with Gasteiger partial charge in [-0.25, -0.2) is 0 Å². The van der Waals surface area contributed by atoms with Crippen LogP contribution < -0.4 is 5.32 Å². The molecule has 0 radical (unpaired) electrons. The van der Waals surface area contributed by atoms with Gasteiger partial charge in [0, 0.05) is 35.7 Å². The van der Waals surface area contributed by atoms with Crippen LogP contribution in [0.2, 0.25) is 0 Å². The first-order chi connectivity index (χ1) is 12.6. The predicted molar refractivity (Wildman–Crippen MR) is 99.2 cm³/mol. The van der Waals surface area contributed by atoms with E-state index in [4.69, 9.17) is 4.74 Å². The third-order valence-corrected chi connectivity index (χ3v) is 7.98. The number of ether oxygens (including phenoxy) is 1. The van der Waals surface area contributed by atoms with Gasteiger partial charge in [0.15, 0.2) is 0 Å². The topological polar surface area (TPSA) is 58.6 Å². The lowest BCUT2D eigenvalue weighted by molar-refractivity contribution is -0.133. The lowest BCUT2D eigenvalue weighted by atomic mass is 9.73. The maximum absolute atomic E-state index is 12.5. The molecule has 140 valence electrons. The molecule has 1 N–H and O–H groups in total. The Hall–Kier alpha value is -1.40. The van der Waals surface area contributed by atoms with Crippen molar-refractivity contribution in [2.75, 3.05) is 19.6 Å². The van der Waals surface area contributed by atoms with E-state index in [9.17, 15) is 9.59 Å². The molecule has 26 heavy (non-hydrogen) atoms. The predicted octanol–water partition coefficient (Wildman–Crippen LogP) is 2.46. The van der Waals surface area contributed by atoms with Gasteiger partial charge in [0.1, 0.15) is 0 Å². The minimum absolute atomic E-state index is 0.0235. The van der Waals surface area contributed by atoms with Crippen LogP contribution in [0, 0.1) is 17.8 Å². The van der Waals surface area contributed by atoms with E-state index in [1.807, 2.05) is 17.0 Å². The van der Waals surface area contributed by atoms with Crippen LogP contribution in [0.1, 0.15) is 47.2 Å². The smallest absolute Gasteiger partial charge is 0.261 e. The Labute approximate surface area is 158 Å². The van der Waals surface area contributed by atoms with E-state index >= 15 is 0 Å². The third kappa shape index (κ3) is 2.61. The fourth-order valence-corrected chi connectivity index (χ4v) is 6.07. The number of fused-ring (bicyclic) bond motifs is 1. The maximum atomic E-state index is 12.5. The number of amides is 2. The lowest BCUT2D eigenvalue weighted by Crippen LogP contribution is -2.41. The summed E-state index contributed by atoms with van der Waals surface area (Å²) >= 11 is 1.58. The van der Waals surface area contributed by atoms with Crippen LogP contribution in [0.25, 0.3) is 0 Å². The summed E-state index contributed by atoms with van der Waals surface area (Å²) in [5.74, 6) is 1.32. The van der Waals surface area contributed by atoms with Crippen LogP contribution >= 0.6 is 11.3 Å². The Kier molecular flexibility index (Phi) is 3.90. The van der Waals surface area contributed by atoms with Crippen LogP contribution in [0.15, 0.2) is 12.1 Å². The molecule has 1 aromatic rings. The first kappa shape index (κ1) is 16.8. The van der Waals surface area contributed by atoms with Gasteiger partial charge in [0.05, 0.1) is 23.1 Å². The number of nitrogens with one attached hydrogen (secondary N) is 1. The Bertz CT molecular complexity index is 743. The highest BCUT2D eigenvalue weighted by Gasteiger charge is 2.63. The van der Waals surface area contributed by atoms with Gasteiger partial charge in [-0.05, 0) is 44.2 Å². The van der Waals surface area contributed by atoms with Crippen molar-refractivity contribution in [1.82, 2.24) is 10.2 Å². The highest BCUT2D eigenvalue weighted by molar-refractivity contribution is 7.14. The molecule has 1 saturated carbocycles. The lowest BCUT2D eigenvalue weighted by Gasteiger charge is -2.29. The summed E-state index contributed by atoms with van der Waals surface area (Å²) in [5.41, 5.74) is -0.136. The summed E-state index contributed by atoms with van der Waals surface area (Å²) in [7, 11) is 0. The van der Waals surface area contributed by atoms with Crippen LogP contribution in [-0.2, 0) is 16.0 Å². The monoisotopic (exact) mass is 374 g/mol. The van der Waals surface area contributed by atoms with Gasteiger partial charge in [0.2, 0.25) is 5.91 Å². The van der Waals surface area contributed by atoms with Gasteiger partial charge in [-0.15, -0.1) is 11.3 Å². The summed E-state index contributed by atoms with van der Waals surface area (Å²) in [5, 5.41) is 3.14. The van der Waals surface area contributed by atoms with Gasteiger partial charge in [0.25, 0.3) is 5.91 Å². The van der Waals surface area contributed by atoms with Crippen molar-refractivity contribution in [1.29, 1.82) is 0 Å². The molecule has 0 unspecified atom stereocenters. The summed E-state index contributed by atoms with van der Waals surface area (Å²) in [6.45, 7) is 4.33. The second-order valence-electron chi connectivity index (χ2n) is 8.35. The first-order valence-electron chi connectivity index (χ1n) is 9.93. The fraction of sp³-hybridized carbons (Fsp3) is 0.700. The van der Waals surface area contributed by atoms with Crippen molar-refractivity contribution >= 4 is 23.2 Å². The fourth-order valence-electron chi connectivity index (χ4n) is 5.21. The third-order valence-electron chi connectivity index (χ3n) is 6.75. The molecule has 4 atom stereocenters. The molecule has 2 amide bonds. The summed E-state index contributed by atoms with van der Waals surface area (Å²) in [4.78, 5) is 29.1. The zero-order chi connectivity index (χ0) is 17.9. The van der Waals surface area contributed by atoms with E-state index in [1.54, 1.807) is 11.3 Å². The van der Waals surface area contributed by atoms with Crippen molar-refractivity contribution in [2.45, 2.75) is 50.7 Å². The molecule has 4 fully saturated rings. The minimum atomic E-state index is -0.136. The van der Waals surface area contributed by atoms with Crippen LogP contribution in [0.5, 0.6) is 0 Å². The van der Waals surface area contributed by atoms with Gasteiger partial charge in [-0.3, -0.25) is 9.59 Å². The highest BCUT2D eigenvalue weighted by Crippen LogP contribution is 2.55. The molecule has 6 heteroatoms. The number of hydrogen-bond acceptors (Lipinski definition) is 4. The number of carbonyl (C=O) groups is 2. The van der Waals surface area contributed by atoms with Crippen molar-refractivity contribution in [3.8, 4) is 0 Å².